The van der Waals surface area contributed by atoms with Gasteiger partial charge in [-0.2, -0.15) is 0 Å². The van der Waals surface area contributed by atoms with Gasteiger partial charge in [-0.25, -0.2) is 13.1 Å². The summed E-state index contributed by atoms with van der Waals surface area (Å²) >= 11 is 0. The molecule has 5 nitrogen and oxygen atoms in total. The predicted molar refractivity (Wildman–Crippen MR) is 75.5 cm³/mol. The lowest BCUT2D eigenvalue weighted by molar-refractivity contribution is 0.399. The summed E-state index contributed by atoms with van der Waals surface area (Å²) in [7, 11) is -4.07. The van der Waals surface area contributed by atoms with Crippen molar-refractivity contribution in [3.05, 3.63) is 0 Å². The third-order valence-electron chi connectivity index (χ3n) is 3.13. The van der Waals surface area contributed by atoms with Crippen LogP contribution in [0.1, 0.15) is 26.2 Å². The second-order valence-corrected chi connectivity index (χ2v) is 8.41. The van der Waals surface area contributed by atoms with E-state index in [1.807, 2.05) is 6.92 Å². The Labute approximate surface area is 113 Å². The lowest BCUT2D eigenvalue weighted by Crippen LogP contribution is -2.39. The molecule has 108 valence electrons. The summed E-state index contributed by atoms with van der Waals surface area (Å²) in [5.41, 5.74) is 0. The van der Waals surface area contributed by atoms with Crippen LogP contribution in [0.25, 0.3) is 0 Å². The lowest BCUT2D eigenvalue weighted by atomic mass is 10.0. The van der Waals surface area contributed by atoms with Crippen LogP contribution in [-0.4, -0.2) is 49.5 Å². The van der Waals surface area contributed by atoms with E-state index in [0.717, 1.165) is 25.9 Å². The zero-order chi connectivity index (χ0) is 13.6. The second kappa shape index (κ2) is 7.57. The van der Waals surface area contributed by atoms with Crippen LogP contribution in [0.5, 0.6) is 0 Å². The summed E-state index contributed by atoms with van der Waals surface area (Å²) in [6.45, 7) is 3.64. The van der Waals surface area contributed by atoms with Gasteiger partial charge in [0.05, 0.1) is 5.75 Å². The first-order chi connectivity index (χ1) is 8.39. The number of hydrogen-bond acceptors (Lipinski definition) is 4. The molecule has 1 aliphatic heterocycles. The van der Waals surface area contributed by atoms with Crippen molar-refractivity contribution >= 4 is 20.8 Å². The van der Waals surface area contributed by atoms with Gasteiger partial charge in [0.25, 0.3) is 0 Å². The fourth-order valence-electron chi connectivity index (χ4n) is 2.11. The van der Waals surface area contributed by atoms with Crippen LogP contribution in [0.2, 0.25) is 0 Å². The average Bonchev–Trinajstić information content (AvgIpc) is 2.26. The van der Waals surface area contributed by atoms with Crippen LogP contribution in [0.15, 0.2) is 0 Å². The molecule has 0 amide bonds. The minimum atomic E-state index is -3.21. The minimum absolute atomic E-state index is 0.138. The van der Waals surface area contributed by atoms with Gasteiger partial charge < -0.3 is 5.32 Å². The molecule has 2 N–H and O–H groups in total. The maximum Gasteiger partial charge on any atom is 0.212 e. The van der Waals surface area contributed by atoms with Gasteiger partial charge in [0, 0.05) is 28.9 Å². The van der Waals surface area contributed by atoms with E-state index < -0.39 is 20.8 Å². The molecule has 0 aliphatic carbocycles. The number of rotatable bonds is 7. The Morgan fingerprint density at radius 1 is 1.39 bits per heavy atom. The summed E-state index contributed by atoms with van der Waals surface area (Å²) < 4.78 is 37.5. The smallest absolute Gasteiger partial charge is 0.212 e. The van der Waals surface area contributed by atoms with Crippen LogP contribution < -0.4 is 10.0 Å². The van der Waals surface area contributed by atoms with Crippen molar-refractivity contribution in [1.82, 2.24) is 10.0 Å². The maximum absolute atomic E-state index is 11.9. The number of sulfonamides is 1. The van der Waals surface area contributed by atoms with Crippen LogP contribution >= 0.6 is 0 Å². The van der Waals surface area contributed by atoms with E-state index in [4.69, 9.17) is 0 Å². The van der Waals surface area contributed by atoms with Crippen LogP contribution in [0.4, 0.5) is 0 Å². The monoisotopic (exact) mass is 296 g/mol. The molecular formula is C11H24N2O3S2. The summed E-state index contributed by atoms with van der Waals surface area (Å²) in [5, 5.41) is 3.22. The number of nitrogens with one attached hydrogen (secondary N) is 2. The minimum Gasteiger partial charge on any atom is -0.317 e. The SMILES string of the molecule is CC(CCS(C)=O)NS(=O)(=O)CC1CCNCC1. The third-order valence-corrected chi connectivity index (χ3v) is 5.62. The Balaban J connectivity index is 2.35. The van der Waals surface area contributed by atoms with Crippen LogP contribution in [-0.2, 0) is 20.8 Å². The molecule has 0 bridgehead atoms. The summed E-state index contributed by atoms with van der Waals surface area (Å²) in [6, 6.07) is -0.138. The zero-order valence-corrected chi connectivity index (χ0v) is 12.8. The standard InChI is InChI=1S/C11H24N2O3S2/c1-10(5-8-17(2)14)13-18(15,16)9-11-3-6-12-7-4-11/h10-13H,3-9H2,1-2H3. The molecule has 7 heteroatoms. The van der Waals surface area contributed by atoms with Gasteiger partial charge in [-0.1, -0.05) is 0 Å². The third kappa shape index (κ3) is 6.82. The van der Waals surface area contributed by atoms with Gasteiger partial charge in [-0.3, -0.25) is 4.21 Å². The van der Waals surface area contributed by atoms with Crippen molar-refractivity contribution in [2.45, 2.75) is 32.2 Å². The predicted octanol–water partition coefficient (Wildman–Crippen LogP) is 0.0625. The van der Waals surface area contributed by atoms with Crippen molar-refractivity contribution in [2.24, 2.45) is 5.92 Å². The molecule has 2 unspecified atom stereocenters. The topological polar surface area (TPSA) is 75.3 Å². The molecule has 0 aromatic rings. The molecule has 0 radical (unpaired) electrons. The first-order valence-electron chi connectivity index (χ1n) is 6.40. The second-order valence-electron chi connectivity index (χ2n) is 5.06. The highest BCUT2D eigenvalue weighted by molar-refractivity contribution is 7.89. The molecule has 1 aliphatic rings. The molecule has 0 spiro atoms. The molecule has 1 saturated heterocycles. The molecule has 1 rings (SSSR count). The van der Waals surface area contributed by atoms with Crippen molar-refractivity contribution in [3.8, 4) is 0 Å². The number of piperidine rings is 1. The van der Waals surface area contributed by atoms with Crippen molar-refractivity contribution in [1.29, 1.82) is 0 Å². The highest BCUT2D eigenvalue weighted by Crippen LogP contribution is 2.14. The highest BCUT2D eigenvalue weighted by atomic mass is 32.2. The molecule has 18 heavy (non-hydrogen) atoms. The molecule has 1 heterocycles. The van der Waals surface area contributed by atoms with Gasteiger partial charge in [0.15, 0.2) is 0 Å². The van der Waals surface area contributed by atoms with Crippen LogP contribution in [0.3, 0.4) is 0 Å². The number of hydrogen-bond donors (Lipinski definition) is 2. The average molecular weight is 296 g/mol. The molecule has 0 aromatic carbocycles. The maximum atomic E-state index is 11.9. The zero-order valence-electron chi connectivity index (χ0n) is 11.1. The molecule has 1 fully saturated rings. The van der Waals surface area contributed by atoms with E-state index in [2.05, 4.69) is 10.0 Å². The van der Waals surface area contributed by atoms with Gasteiger partial charge >= 0.3 is 0 Å². The van der Waals surface area contributed by atoms with Crippen molar-refractivity contribution in [3.63, 3.8) is 0 Å². The van der Waals surface area contributed by atoms with E-state index in [9.17, 15) is 12.6 Å². The fourth-order valence-corrected chi connectivity index (χ4v) is 4.58. The normalized spacial score (nSPS) is 21.7. The summed E-state index contributed by atoms with van der Waals surface area (Å²) in [6.07, 6.45) is 4.10. The molecule has 0 saturated carbocycles. The van der Waals surface area contributed by atoms with Gasteiger partial charge in [-0.15, -0.1) is 0 Å². The lowest BCUT2D eigenvalue weighted by Gasteiger charge is -2.23. The van der Waals surface area contributed by atoms with E-state index in [1.165, 1.54) is 0 Å². The van der Waals surface area contributed by atoms with Gasteiger partial charge in [0.1, 0.15) is 0 Å². The summed E-state index contributed by atoms with van der Waals surface area (Å²) in [5.74, 6) is 1.02. The molecular weight excluding hydrogens is 272 g/mol. The van der Waals surface area contributed by atoms with Crippen LogP contribution in [0, 0.1) is 5.92 Å². The van der Waals surface area contributed by atoms with Gasteiger partial charge in [-0.05, 0) is 45.2 Å². The Kier molecular flexibility index (Phi) is 6.76. The first-order valence-corrected chi connectivity index (χ1v) is 9.78. The van der Waals surface area contributed by atoms with E-state index in [0.29, 0.717) is 12.2 Å². The van der Waals surface area contributed by atoms with E-state index in [1.54, 1.807) is 6.26 Å². The quantitative estimate of drug-likeness (QED) is 0.697. The Bertz CT molecular complexity index is 364. The van der Waals surface area contributed by atoms with Gasteiger partial charge in [0.2, 0.25) is 10.0 Å². The summed E-state index contributed by atoms with van der Waals surface area (Å²) in [4.78, 5) is 0. The Hall–Kier alpha value is 0.0200. The fraction of sp³-hybridized carbons (Fsp3) is 1.00. The Morgan fingerprint density at radius 2 is 2.00 bits per heavy atom. The molecule has 0 aromatic heterocycles. The first kappa shape index (κ1) is 16.1. The highest BCUT2D eigenvalue weighted by Gasteiger charge is 2.22. The van der Waals surface area contributed by atoms with E-state index >= 15 is 0 Å². The van der Waals surface area contributed by atoms with Crippen molar-refractivity contribution in [2.75, 3.05) is 30.9 Å². The molecule has 2 atom stereocenters. The largest absolute Gasteiger partial charge is 0.317 e. The van der Waals surface area contributed by atoms with E-state index in [-0.39, 0.29) is 17.7 Å². The van der Waals surface area contributed by atoms with Crippen molar-refractivity contribution < 1.29 is 12.6 Å². The Morgan fingerprint density at radius 3 is 2.56 bits per heavy atom.